The van der Waals surface area contributed by atoms with Crippen LogP contribution in [0, 0.1) is 35.5 Å². The number of ether oxygens (including phenoxy) is 5. The zero-order valence-corrected chi connectivity index (χ0v) is 40.7. The summed E-state index contributed by atoms with van der Waals surface area (Å²) in [6, 6.07) is -1.13. The molecule has 1 amide bonds. The summed E-state index contributed by atoms with van der Waals surface area (Å²) in [6.45, 7) is 13.0. The number of allylic oxidation sites excluding steroid dienone is 6. The van der Waals surface area contributed by atoms with Gasteiger partial charge < -0.3 is 49.0 Å². The lowest BCUT2D eigenvalue weighted by Crippen LogP contribution is -2.61. The normalized spacial score (nSPS) is 39.0. The number of aliphatic hydroxyl groups is 4. The van der Waals surface area contributed by atoms with Gasteiger partial charge in [-0.15, -0.1) is 0 Å². The summed E-state index contributed by atoms with van der Waals surface area (Å²) in [4.78, 5) is 58.1. The van der Waals surface area contributed by atoms with Crippen molar-refractivity contribution in [2.45, 2.75) is 186 Å². The first-order valence-electron chi connectivity index (χ1n) is 24.1. The smallest absolute Gasteiger partial charge is 0.329 e. The second kappa shape index (κ2) is 25.3. The van der Waals surface area contributed by atoms with Crippen LogP contribution in [0.15, 0.2) is 47.6 Å². The molecule has 4 rings (SSSR count). The first kappa shape index (κ1) is 54.5. The number of fused-ring (bicyclic) bond motifs is 3. The van der Waals surface area contributed by atoms with Crippen molar-refractivity contribution in [3.05, 3.63) is 47.6 Å². The largest absolute Gasteiger partial charge is 0.460 e. The summed E-state index contributed by atoms with van der Waals surface area (Å²) in [6.07, 6.45) is 10.9. The van der Waals surface area contributed by atoms with Gasteiger partial charge in [-0.25, -0.2) is 4.79 Å². The molecule has 1 aliphatic carbocycles. The number of hydrogen-bond acceptors (Lipinski definition) is 13. The van der Waals surface area contributed by atoms with E-state index in [-0.39, 0.29) is 54.9 Å². The lowest BCUT2D eigenvalue weighted by Gasteiger charge is -2.42. The van der Waals surface area contributed by atoms with Crippen LogP contribution in [0.2, 0.25) is 0 Å². The molecule has 3 aliphatic heterocycles. The number of carbonyl (C=O) groups is 4. The average molecular weight is 916 g/mol. The van der Waals surface area contributed by atoms with Gasteiger partial charge in [0.25, 0.3) is 11.7 Å². The van der Waals surface area contributed by atoms with Crippen LogP contribution < -0.4 is 0 Å². The van der Waals surface area contributed by atoms with Gasteiger partial charge in [-0.2, -0.15) is 0 Å². The molecular formula is C51H81NO13. The van der Waals surface area contributed by atoms with Crippen LogP contribution in [-0.4, -0.2) is 137 Å². The van der Waals surface area contributed by atoms with E-state index in [1.54, 1.807) is 41.1 Å². The lowest BCUT2D eigenvalue weighted by molar-refractivity contribution is -0.265. The minimum Gasteiger partial charge on any atom is -0.460 e. The number of nitrogens with zero attached hydrogens (tertiary/aromatic N) is 1. The van der Waals surface area contributed by atoms with Crippen LogP contribution in [0.3, 0.4) is 0 Å². The minimum atomic E-state index is -2.42. The molecule has 3 fully saturated rings. The van der Waals surface area contributed by atoms with Crippen molar-refractivity contribution in [1.29, 1.82) is 0 Å². The fourth-order valence-corrected chi connectivity index (χ4v) is 10.3. The van der Waals surface area contributed by atoms with E-state index in [4.69, 9.17) is 23.7 Å². The SMILES string of the molecule is COC1C[C@@H]2CC[C@@H](C)[C@@](O)(O2)C(=O)C(=O)N2CCCC[C@H]2C(=O)O[C@H]([C@H](C)C[C@@H]2CC[C@@H](O)[C@H](OC)C2)CC(=O)C(C)=CC(C)C(O)[C@@H](OC)[C@@H](O)[C@H](C)C[C@H](C)C=CC=CC=C1C. The first-order valence-corrected chi connectivity index (χ1v) is 24.1. The molecule has 2 bridgehead atoms. The Morgan fingerprint density at radius 2 is 1.57 bits per heavy atom. The fourth-order valence-electron chi connectivity index (χ4n) is 10.3. The number of hydrogen-bond donors (Lipinski definition) is 4. The summed E-state index contributed by atoms with van der Waals surface area (Å²) in [5.74, 6) is -7.30. The van der Waals surface area contributed by atoms with Crippen LogP contribution >= 0.6 is 0 Å². The van der Waals surface area contributed by atoms with Crippen molar-refractivity contribution in [2.75, 3.05) is 27.9 Å². The monoisotopic (exact) mass is 916 g/mol. The Labute approximate surface area is 387 Å². The Morgan fingerprint density at radius 1 is 0.846 bits per heavy atom. The Bertz CT molecular complexity index is 1710. The molecule has 4 aliphatic rings. The van der Waals surface area contributed by atoms with Crippen LogP contribution in [0.5, 0.6) is 0 Å². The molecule has 0 aromatic rings. The Balaban J connectivity index is 1.70. The van der Waals surface area contributed by atoms with Gasteiger partial charge in [0.2, 0.25) is 5.79 Å². The van der Waals surface area contributed by atoms with E-state index in [1.807, 2.05) is 58.1 Å². The molecule has 2 saturated heterocycles. The highest BCUT2D eigenvalue weighted by Gasteiger charge is 2.53. The van der Waals surface area contributed by atoms with E-state index in [1.165, 1.54) is 12.0 Å². The predicted octanol–water partition coefficient (Wildman–Crippen LogP) is 5.97. The molecule has 3 unspecified atom stereocenters. The Morgan fingerprint density at radius 3 is 2.25 bits per heavy atom. The first-order chi connectivity index (χ1) is 30.7. The average Bonchev–Trinajstić information content (AvgIpc) is 3.28. The Hall–Kier alpha value is -3.08. The van der Waals surface area contributed by atoms with Gasteiger partial charge in [-0.3, -0.25) is 14.4 Å². The summed E-state index contributed by atoms with van der Waals surface area (Å²) >= 11 is 0. The highest BCUT2D eigenvalue weighted by molar-refractivity contribution is 6.39. The Kier molecular flexibility index (Phi) is 21.3. The number of esters is 1. The standard InChI is InChI=1S/C51H81NO13/c1-30-16-12-11-13-17-31(2)42(61-8)28-38-21-19-36(7)51(60,65-38)48(57)49(58)52-23-15-14-18-39(52)50(59)64-43(33(4)26-37-20-22-40(53)44(27-37)62-9)29-41(54)32(3)25-35(6)46(56)47(63-10)45(55)34(5)24-30/h11-13,16-17,25,30,33-40,42-47,53,55-56,60H,14-15,18-24,26-29H2,1-10H3/t30-,33-,34-,35?,36-,37+,38+,39+,40-,42?,43+,44-,45+,46?,47+,51-/m1/s1. The van der Waals surface area contributed by atoms with Crippen molar-refractivity contribution in [1.82, 2.24) is 4.90 Å². The van der Waals surface area contributed by atoms with Crippen molar-refractivity contribution >= 4 is 23.4 Å². The van der Waals surface area contributed by atoms with Crippen molar-refractivity contribution in [3.8, 4) is 0 Å². The van der Waals surface area contributed by atoms with Crippen molar-refractivity contribution in [3.63, 3.8) is 0 Å². The second-order valence-electron chi connectivity index (χ2n) is 19.8. The van der Waals surface area contributed by atoms with Gasteiger partial charge in [0, 0.05) is 52.6 Å². The van der Waals surface area contributed by atoms with Crippen LogP contribution in [-0.2, 0) is 42.9 Å². The van der Waals surface area contributed by atoms with Crippen LogP contribution in [0.1, 0.15) is 126 Å². The predicted molar refractivity (Wildman–Crippen MR) is 246 cm³/mol. The summed E-state index contributed by atoms with van der Waals surface area (Å²) in [5.41, 5.74) is 1.23. The van der Waals surface area contributed by atoms with Gasteiger partial charge >= 0.3 is 5.97 Å². The van der Waals surface area contributed by atoms with Gasteiger partial charge in [-0.1, -0.05) is 71.1 Å². The number of carbonyl (C=O) groups excluding carboxylic acids is 4. The maximum absolute atomic E-state index is 14.4. The molecule has 0 aromatic carbocycles. The van der Waals surface area contributed by atoms with Crippen molar-refractivity contribution < 1.29 is 63.3 Å². The van der Waals surface area contributed by atoms with Crippen molar-refractivity contribution in [2.24, 2.45) is 35.5 Å². The third kappa shape index (κ3) is 14.5. The highest BCUT2D eigenvalue weighted by Crippen LogP contribution is 2.38. The summed E-state index contributed by atoms with van der Waals surface area (Å²) in [7, 11) is 4.60. The number of aliphatic hydroxyl groups excluding tert-OH is 3. The number of rotatable bonds is 6. The number of cyclic esters (lactones) is 1. The molecule has 3 heterocycles. The number of methoxy groups -OCH3 is 3. The molecule has 14 heteroatoms. The molecule has 4 N–H and O–H groups in total. The molecule has 65 heavy (non-hydrogen) atoms. The number of amides is 1. The molecule has 0 spiro atoms. The van der Waals surface area contributed by atoms with Gasteiger partial charge in [0.15, 0.2) is 5.78 Å². The van der Waals surface area contributed by atoms with E-state index < -0.39 is 84.1 Å². The molecule has 16 atom stereocenters. The van der Waals surface area contributed by atoms with E-state index in [9.17, 15) is 39.6 Å². The molecule has 1 saturated carbocycles. The lowest BCUT2D eigenvalue weighted by atomic mass is 9.78. The fraction of sp³-hybridized carbons (Fsp3) is 0.765. The second-order valence-corrected chi connectivity index (χ2v) is 19.8. The van der Waals surface area contributed by atoms with Crippen LogP contribution in [0.4, 0.5) is 0 Å². The van der Waals surface area contributed by atoms with E-state index in [2.05, 4.69) is 0 Å². The molecule has 0 radical (unpaired) electrons. The number of Topliss-reactive ketones (excluding diaryl/α,β-unsaturated/α-hetero) is 2. The summed E-state index contributed by atoms with van der Waals surface area (Å²) in [5, 5.41) is 45.4. The van der Waals surface area contributed by atoms with Gasteiger partial charge in [0.1, 0.15) is 18.2 Å². The zero-order valence-electron chi connectivity index (χ0n) is 40.7. The number of ketones is 2. The maximum Gasteiger partial charge on any atom is 0.329 e. The minimum absolute atomic E-state index is 0.0828. The van der Waals surface area contributed by atoms with Gasteiger partial charge in [0.05, 0.1) is 36.6 Å². The van der Waals surface area contributed by atoms with E-state index in [0.717, 1.165) is 12.0 Å². The van der Waals surface area contributed by atoms with E-state index in [0.29, 0.717) is 63.4 Å². The van der Waals surface area contributed by atoms with Gasteiger partial charge in [-0.05, 0) is 113 Å². The molecular weight excluding hydrogens is 835 g/mol. The third-order valence-corrected chi connectivity index (χ3v) is 14.7. The molecule has 14 nitrogen and oxygen atoms in total. The molecule has 0 aromatic heterocycles. The zero-order chi connectivity index (χ0) is 48.2. The van der Waals surface area contributed by atoms with Crippen LogP contribution in [0.25, 0.3) is 0 Å². The topological polar surface area (TPSA) is 199 Å². The van der Waals surface area contributed by atoms with E-state index >= 15 is 0 Å². The summed E-state index contributed by atoms with van der Waals surface area (Å²) < 4.78 is 29.5. The highest BCUT2D eigenvalue weighted by atomic mass is 16.6. The maximum atomic E-state index is 14.4. The molecule has 368 valence electrons. The third-order valence-electron chi connectivity index (χ3n) is 14.7. The quantitative estimate of drug-likeness (QED) is 0.180. The number of piperidine rings is 1.